The van der Waals surface area contributed by atoms with E-state index in [1.165, 1.54) is 6.07 Å². The molecule has 1 rings (SSSR count). The molecule has 1 aromatic rings. The van der Waals surface area contributed by atoms with Gasteiger partial charge in [0, 0.05) is 5.02 Å². The zero-order valence-corrected chi connectivity index (χ0v) is 8.22. The maximum Gasteiger partial charge on any atom is 0.298 e. The van der Waals surface area contributed by atoms with Gasteiger partial charge in [-0.05, 0) is 24.6 Å². The lowest BCUT2D eigenvalue weighted by Crippen LogP contribution is -1.98. The Balaban J connectivity index is 3.50. The van der Waals surface area contributed by atoms with Crippen LogP contribution >= 0.6 is 11.6 Å². The summed E-state index contributed by atoms with van der Waals surface area (Å²) in [6.07, 6.45) is 0. The second-order valence-electron chi connectivity index (χ2n) is 2.54. The summed E-state index contributed by atoms with van der Waals surface area (Å²) >= 11 is 5.61. The number of aromatic hydroxyl groups is 1. The van der Waals surface area contributed by atoms with E-state index in [4.69, 9.17) is 21.3 Å². The maximum absolute atomic E-state index is 10.7. The van der Waals surface area contributed by atoms with E-state index >= 15 is 0 Å². The minimum absolute atomic E-state index is 0.172. The van der Waals surface area contributed by atoms with Crippen LogP contribution in [0.25, 0.3) is 0 Å². The predicted molar refractivity (Wildman–Crippen MR) is 47.7 cm³/mol. The van der Waals surface area contributed by atoms with E-state index in [2.05, 4.69) is 0 Å². The molecule has 0 radical (unpaired) electrons. The molecular weight excluding hydrogens is 216 g/mol. The largest absolute Gasteiger partial charge is 0.506 e. The summed E-state index contributed by atoms with van der Waals surface area (Å²) in [5, 5.41) is 9.33. The van der Waals surface area contributed by atoms with Gasteiger partial charge in [0.1, 0.15) is 10.6 Å². The number of phenols is 1. The highest BCUT2D eigenvalue weighted by molar-refractivity contribution is 7.86. The minimum atomic E-state index is -4.41. The monoisotopic (exact) mass is 222 g/mol. The first-order chi connectivity index (χ1) is 5.82. The van der Waals surface area contributed by atoms with Gasteiger partial charge in [-0.2, -0.15) is 8.42 Å². The van der Waals surface area contributed by atoms with Gasteiger partial charge in [0.25, 0.3) is 10.1 Å². The summed E-state index contributed by atoms with van der Waals surface area (Å²) in [6, 6.07) is 2.17. The van der Waals surface area contributed by atoms with Crippen LogP contribution in [0.2, 0.25) is 5.02 Å². The molecule has 0 aromatic heterocycles. The third-order valence-electron chi connectivity index (χ3n) is 1.52. The first-order valence-corrected chi connectivity index (χ1v) is 5.11. The molecular formula is C7H7ClO4S. The summed E-state index contributed by atoms with van der Waals surface area (Å²) in [7, 11) is -4.41. The van der Waals surface area contributed by atoms with Crippen molar-refractivity contribution < 1.29 is 18.1 Å². The van der Waals surface area contributed by atoms with Crippen LogP contribution in [-0.4, -0.2) is 18.1 Å². The summed E-state index contributed by atoms with van der Waals surface area (Å²) in [5.74, 6) is -0.510. The predicted octanol–water partition coefficient (Wildman–Crippen LogP) is 1.60. The van der Waals surface area contributed by atoms with Crippen molar-refractivity contribution in [1.82, 2.24) is 0 Å². The summed E-state index contributed by atoms with van der Waals surface area (Å²) in [6.45, 7) is 1.61. The van der Waals surface area contributed by atoms with E-state index in [0.717, 1.165) is 6.07 Å². The van der Waals surface area contributed by atoms with Crippen LogP contribution < -0.4 is 0 Å². The van der Waals surface area contributed by atoms with Crippen LogP contribution in [0.15, 0.2) is 17.0 Å². The smallest absolute Gasteiger partial charge is 0.298 e. The van der Waals surface area contributed by atoms with Crippen LogP contribution in [0, 0.1) is 6.92 Å². The van der Waals surface area contributed by atoms with Gasteiger partial charge in [0.05, 0.1) is 0 Å². The second kappa shape index (κ2) is 3.17. The van der Waals surface area contributed by atoms with Gasteiger partial charge >= 0.3 is 0 Å². The molecule has 0 aliphatic rings. The van der Waals surface area contributed by atoms with E-state index in [0.29, 0.717) is 5.56 Å². The van der Waals surface area contributed by atoms with Crippen LogP contribution in [-0.2, 0) is 10.1 Å². The van der Waals surface area contributed by atoms with Crippen LogP contribution in [0.5, 0.6) is 5.75 Å². The Kier molecular flexibility index (Phi) is 2.51. The normalized spacial score (nSPS) is 11.6. The van der Waals surface area contributed by atoms with Crippen LogP contribution in [0.3, 0.4) is 0 Å². The Hall–Kier alpha value is -0.780. The van der Waals surface area contributed by atoms with Gasteiger partial charge in [0.2, 0.25) is 0 Å². The van der Waals surface area contributed by atoms with Crippen LogP contribution in [0.4, 0.5) is 0 Å². The number of halogens is 1. The SMILES string of the molecule is Cc1cc(O)c(S(=O)(=O)O)cc1Cl. The van der Waals surface area contributed by atoms with Crippen molar-refractivity contribution in [2.24, 2.45) is 0 Å². The van der Waals surface area contributed by atoms with Gasteiger partial charge in [0.15, 0.2) is 0 Å². The maximum atomic E-state index is 10.7. The zero-order chi connectivity index (χ0) is 10.2. The van der Waals surface area contributed by atoms with Crippen LogP contribution in [0.1, 0.15) is 5.56 Å². The Morgan fingerprint density at radius 1 is 1.38 bits per heavy atom. The van der Waals surface area contributed by atoms with Crippen molar-refractivity contribution in [3.05, 3.63) is 22.7 Å². The van der Waals surface area contributed by atoms with Gasteiger partial charge in [-0.1, -0.05) is 11.6 Å². The lowest BCUT2D eigenvalue weighted by Gasteiger charge is -2.03. The molecule has 72 valence electrons. The van der Waals surface area contributed by atoms with E-state index in [1.807, 2.05) is 0 Å². The Morgan fingerprint density at radius 3 is 2.38 bits per heavy atom. The zero-order valence-electron chi connectivity index (χ0n) is 6.65. The van der Waals surface area contributed by atoms with Gasteiger partial charge in [-0.15, -0.1) is 0 Å². The van der Waals surface area contributed by atoms with Crippen molar-refractivity contribution in [1.29, 1.82) is 0 Å². The number of hydrogen-bond donors (Lipinski definition) is 2. The first-order valence-electron chi connectivity index (χ1n) is 3.29. The third kappa shape index (κ3) is 2.12. The van der Waals surface area contributed by atoms with Gasteiger partial charge < -0.3 is 5.11 Å². The number of rotatable bonds is 1. The average Bonchev–Trinajstić information content (AvgIpc) is 1.94. The standard InChI is InChI=1S/C7H7ClO4S/c1-4-2-6(9)7(3-5(4)8)13(10,11)12/h2-3,9H,1H3,(H,10,11,12). The fourth-order valence-corrected chi connectivity index (χ4v) is 1.67. The molecule has 0 aliphatic heterocycles. The van der Waals surface area contributed by atoms with E-state index in [-0.39, 0.29) is 5.02 Å². The number of phenolic OH excluding ortho intramolecular Hbond substituents is 1. The van der Waals surface area contributed by atoms with Crippen molar-refractivity contribution in [2.75, 3.05) is 0 Å². The lowest BCUT2D eigenvalue weighted by atomic mass is 10.2. The fourth-order valence-electron chi connectivity index (χ4n) is 0.855. The van der Waals surface area contributed by atoms with Gasteiger partial charge in [-0.3, -0.25) is 4.55 Å². The van der Waals surface area contributed by atoms with Crippen molar-refractivity contribution in [2.45, 2.75) is 11.8 Å². The van der Waals surface area contributed by atoms with Crippen molar-refractivity contribution >= 4 is 21.7 Å². The van der Waals surface area contributed by atoms with Crippen molar-refractivity contribution in [3.63, 3.8) is 0 Å². The number of hydrogen-bond acceptors (Lipinski definition) is 3. The summed E-state index contributed by atoms with van der Waals surface area (Å²) < 4.78 is 29.9. The van der Waals surface area contributed by atoms with Gasteiger partial charge in [-0.25, -0.2) is 0 Å². The number of benzene rings is 1. The molecule has 0 saturated carbocycles. The highest BCUT2D eigenvalue weighted by Gasteiger charge is 2.16. The molecule has 0 fully saturated rings. The Labute approximate surface area is 80.5 Å². The topological polar surface area (TPSA) is 74.6 Å². The quantitative estimate of drug-likeness (QED) is 0.708. The molecule has 0 bridgehead atoms. The molecule has 1 aromatic carbocycles. The number of aryl methyl sites for hydroxylation is 1. The minimum Gasteiger partial charge on any atom is -0.506 e. The molecule has 0 saturated heterocycles. The molecule has 0 unspecified atom stereocenters. The molecule has 0 aliphatic carbocycles. The lowest BCUT2D eigenvalue weighted by molar-refractivity contribution is 0.443. The fraction of sp³-hybridized carbons (Fsp3) is 0.143. The molecule has 0 heterocycles. The highest BCUT2D eigenvalue weighted by Crippen LogP contribution is 2.28. The summed E-state index contributed by atoms with van der Waals surface area (Å²) in [5.41, 5.74) is 0.534. The van der Waals surface area contributed by atoms with Crippen molar-refractivity contribution in [3.8, 4) is 5.75 Å². The molecule has 0 atom stereocenters. The molecule has 4 nitrogen and oxygen atoms in total. The average molecular weight is 223 g/mol. The van der Waals surface area contributed by atoms with E-state index in [1.54, 1.807) is 6.92 Å². The first kappa shape index (κ1) is 10.3. The Morgan fingerprint density at radius 2 is 1.92 bits per heavy atom. The highest BCUT2D eigenvalue weighted by atomic mass is 35.5. The molecule has 6 heteroatoms. The second-order valence-corrected chi connectivity index (χ2v) is 4.34. The Bertz CT molecular complexity index is 438. The molecule has 2 N–H and O–H groups in total. The molecule has 13 heavy (non-hydrogen) atoms. The van der Waals surface area contributed by atoms with E-state index < -0.39 is 20.8 Å². The molecule has 0 amide bonds. The summed E-state index contributed by atoms with van der Waals surface area (Å²) in [4.78, 5) is -0.580. The molecule has 0 spiro atoms. The third-order valence-corrected chi connectivity index (χ3v) is 2.81. The van der Waals surface area contributed by atoms with E-state index in [9.17, 15) is 8.42 Å².